The van der Waals surface area contributed by atoms with Crippen molar-refractivity contribution in [3.8, 4) is 5.75 Å². The fraction of sp³-hybridized carbons (Fsp3) is 0.174. The highest BCUT2D eigenvalue weighted by molar-refractivity contribution is 7.14. The molecule has 8 heteroatoms. The molecule has 0 radical (unpaired) electrons. The number of aromatic nitrogens is 1. The molecule has 1 atom stereocenters. The number of benzene rings is 2. The van der Waals surface area contributed by atoms with Crippen LogP contribution in [0, 0.1) is 5.82 Å². The van der Waals surface area contributed by atoms with E-state index >= 15 is 0 Å². The molecule has 31 heavy (non-hydrogen) atoms. The van der Waals surface area contributed by atoms with E-state index in [2.05, 4.69) is 4.98 Å². The number of hydrogen-bond acceptors (Lipinski definition) is 6. The molecule has 0 spiro atoms. The molecule has 1 unspecified atom stereocenters. The van der Waals surface area contributed by atoms with Gasteiger partial charge in [0.2, 0.25) is 0 Å². The molecule has 2 aromatic carbocycles. The predicted molar refractivity (Wildman–Crippen MR) is 116 cm³/mol. The number of halogens is 1. The van der Waals surface area contributed by atoms with E-state index in [1.807, 2.05) is 6.92 Å². The van der Waals surface area contributed by atoms with Gasteiger partial charge in [-0.2, -0.15) is 0 Å². The van der Waals surface area contributed by atoms with Crippen LogP contribution in [0.4, 0.5) is 9.52 Å². The van der Waals surface area contributed by atoms with Crippen LogP contribution >= 0.6 is 11.3 Å². The number of amides is 1. The third-order valence-electron chi connectivity index (χ3n) is 4.85. The number of carbonyl (C=O) groups excluding carboxylic acids is 2. The molecule has 1 aliphatic heterocycles. The molecule has 0 saturated carbocycles. The number of Topliss-reactive ketones (excluding diaryl/α,β-unsaturated/α-hetero) is 1. The highest BCUT2D eigenvalue weighted by Gasteiger charge is 2.48. The van der Waals surface area contributed by atoms with Crippen LogP contribution in [-0.2, 0) is 9.59 Å². The van der Waals surface area contributed by atoms with E-state index in [-0.39, 0.29) is 16.3 Å². The zero-order chi connectivity index (χ0) is 22.0. The Hall–Kier alpha value is -3.52. The number of nitrogens with zero attached hydrogens (tertiary/aromatic N) is 2. The lowest BCUT2D eigenvalue weighted by atomic mass is 9.95. The van der Waals surface area contributed by atoms with Gasteiger partial charge in [0.15, 0.2) is 5.13 Å². The summed E-state index contributed by atoms with van der Waals surface area (Å²) < 4.78 is 20.4. The minimum absolute atomic E-state index is 0.0943. The summed E-state index contributed by atoms with van der Waals surface area (Å²) in [6.07, 6.45) is 2.30. The number of aliphatic hydroxyl groups is 1. The Bertz CT molecular complexity index is 1160. The van der Waals surface area contributed by atoms with E-state index in [4.69, 9.17) is 4.74 Å². The molecule has 3 aromatic rings. The largest absolute Gasteiger partial charge is 0.507 e. The van der Waals surface area contributed by atoms with Gasteiger partial charge in [-0.05, 0) is 24.6 Å². The molecule has 1 amide bonds. The van der Waals surface area contributed by atoms with Crippen molar-refractivity contribution >= 4 is 33.9 Å². The van der Waals surface area contributed by atoms with Crippen LogP contribution in [0.15, 0.2) is 65.7 Å². The quantitative estimate of drug-likeness (QED) is 0.343. The summed E-state index contributed by atoms with van der Waals surface area (Å²) in [4.78, 5) is 31.2. The first kappa shape index (κ1) is 20.7. The van der Waals surface area contributed by atoms with Crippen LogP contribution in [0.3, 0.4) is 0 Å². The Morgan fingerprint density at radius 3 is 2.74 bits per heavy atom. The Morgan fingerprint density at radius 2 is 2.03 bits per heavy atom. The van der Waals surface area contributed by atoms with Gasteiger partial charge in [0.05, 0.1) is 12.2 Å². The van der Waals surface area contributed by atoms with E-state index in [0.29, 0.717) is 17.9 Å². The van der Waals surface area contributed by atoms with Crippen molar-refractivity contribution in [1.82, 2.24) is 4.98 Å². The Balaban J connectivity index is 1.89. The minimum atomic E-state index is -1.15. The van der Waals surface area contributed by atoms with Crippen LogP contribution < -0.4 is 9.64 Å². The molecule has 6 nitrogen and oxygen atoms in total. The third kappa shape index (κ3) is 3.82. The second-order valence-corrected chi connectivity index (χ2v) is 7.75. The van der Waals surface area contributed by atoms with Crippen molar-refractivity contribution in [2.45, 2.75) is 19.4 Å². The monoisotopic (exact) mass is 438 g/mol. The van der Waals surface area contributed by atoms with Gasteiger partial charge in [0.25, 0.3) is 5.78 Å². The summed E-state index contributed by atoms with van der Waals surface area (Å²) in [7, 11) is 0. The lowest BCUT2D eigenvalue weighted by Gasteiger charge is -2.23. The molecule has 2 heterocycles. The molecule has 0 aliphatic carbocycles. The number of anilines is 1. The summed E-state index contributed by atoms with van der Waals surface area (Å²) in [5, 5.41) is 13.0. The van der Waals surface area contributed by atoms with Crippen LogP contribution in [0.1, 0.15) is 30.5 Å². The number of ether oxygens (including phenoxy) is 1. The van der Waals surface area contributed by atoms with Gasteiger partial charge >= 0.3 is 5.91 Å². The third-order valence-corrected chi connectivity index (χ3v) is 5.62. The minimum Gasteiger partial charge on any atom is -0.507 e. The highest BCUT2D eigenvalue weighted by atomic mass is 32.1. The first-order valence-electron chi connectivity index (χ1n) is 9.71. The Morgan fingerprint density at radius 1 is 1.23 bits per heavy atom. The van der Waals surface area contributed by atoms with E-state index in [0.717, 1.165) is 22.7 Å². The second-order valence-electron chi connectivity index (χ2n) is 6.88. The molecule has 1 aliphatic rings. The van der Waals surface area contributed by atoms with E-state index in [1.54, 1.807) is 35.7 Å². The second kappa shape index (κ2) is 8.69. The molecule has 1 aromatic heterocycles. The fourth-order valence-corrected chi connectivity index (χ4v) is 4.13. The van der Waals surface area contributed by atoms with Crippen molar-refractivity contribution in [3.05, 3.63) is 82.6 Å². The smallest absolute Gasteiger partial charge is 0.301 e. The van der Waals surface area contributed by atoms with Crippen LogP contribution in [0.2, 0.25) is 0 Å². The van der Waals surface area contributed by atoms with Gasteiger partial charge in [-0.25, -0.2) is 9.37 Å². The number of hydrogen-bond donors (Lipinski definition) is 1. The van der Waals surface area contributed by atoms with Gasteiger partial charge in [0.1, 0.15) is 23.4 Å². The number of carbonyl (C=O) groups is 2. The molecule has 1 saturated heterocycles. The van der Waals surface area contributed by atoms with Gasteiger partial charge in [-0.3, -0.25) is 14.5 Å². The Labute approximate surface area is 182 Å². The lowest BCUT2D eigenvalue weighted by molar-refractivity contribution is -0.132. The maximum absolute atomic E-state index is 14.8. The summed E-state index contributed by atoms with van der Waals surface area (Å²) in [6, 6.07) is 11.3. The maximum Gasteiger partial charge on any atom is 0.301 e. The zero-order valence-corrected chi connectivity index (χ0v) is 17.4. The van der Waals surface area contributed by atoms with Gasteiger partial charge in [-0.1, -0.05) is 37.3 Å². The lowest BCUT2D eigenvalue weighted by Crippen LogP contribution is -2.29. The number of rotatable bonds is 6. The molecule has 158 valence electrons. The molecular weight excluding hydrogens is 419 g/mol. The van der Waals surface area contributed by atoms with Crippen molar-refractivity contribution in [1.29, 1.82) is 0 Å². The first-order chi connectivity index (χ1) is 15.0. The molecular formula is C23H19FN2O4S. The van der Waals surface area contributed by atoms with E-state index in [9.17, 15) is 19.1 Å². The van der Waals surface area contributed by atoms with Crippen molar-refractivity contribution in [3.63, 3.8) is 0 Å². The topological polar surface area (TPSA) is 79.7 Å². The molecule has 0 bridgehead atoms. The predicted octanol–water partition coefficient (Wildman–Crippen LogP) is 4.70. The first-order valence-corrected chi connectivity index (χ1v) is 10.6. The van der Waals surface area contributed by atoms with Crippen LogP contribution in [-0.4, -0.2) is 28.4 Å². The zero-order valence-electron chi connectivity index (χ0n) is 16.6. The number of thiazole rings is 1. The van der Waals surface area contributed by atoms with E-state index < -0.39 is 29.3 Å². The van der Waals surface area contributed by atoms with Gasteiger partial charge < -0.3 is 9.84 Å². The summed E-state index contributed by atoms with van der Waals surface area (Å²) in [6.45, 7) is 2.46. The van der Waals surface area contributed by atoms with Gasteiger partial charge in [-0.15, -0.1) is 11.3 Å². The van der Waals surface area contributed by atoms with Crippen molar-refractivity contribution < 1.29 is 23.8 Å². The molecule has 1 fully saturated rings. The fourth-order valence-electron chi connectivity index (χ4n) is 3.46. The highest BCUT2D eigenvalue weighted by Crippen LogP contribution is 2.43. The SMILES string of the molecule is CCCOc1cccc(/C(O)=C2\C(=O)C(=O)N(c3nccs3)C2c2ccccc2F)c1. The van der Waals surface area contributed by atoms with Crippen LogP contribution in [0.5, 0.6) is 5.75 Å². The average molecular weight is 438 g/mol. The number of ketones is 1. The van der Waals surface area contributed by atoms with Crippen LogP contribution in [0.25, 0.3) is 5.76 Å². The van der Waals surface area contributed by atoms with Crippen molar-refractivity contribution in [2.24, 2.45) is 0 Å². The Kier molecular flexibility index (Phi) is 5.81. The standard InChI is InChI=1S/C23H19FN2O4S/c1-2-11-30-15-7-5-6-14(13-15)20(27)18-19(16-8-3-4-9-17(16)24)26(22(29)21(18)28)23-25-10-12-31-23/h3-10,12-13,19,27H,2,11H2,1H3/b20-18+. The average Bonchev–Trinajstić information content (AvgIpc) is 3.39. The summed E-state index contributed by atoms with van der Waals surface area (Å²) in [5.74, 6) is -2.25. The van der Waals surface area contributed by atoms with Gasteiger partial charge in [0, 0.05) is 22.7 Å². The molecule has 1 N–H and O–H groups in total. The summed E-state index contributed by atoms with van der Waals surface area (Å²) in [5.41, 5.74) is 0.196. The van der Waals surface area contributed by atoms with Crippen molar-refractivity contribution in [2.75, 3.05) is 11.5 Å². The molecule has 4 rings (SSSR count). The normalized spacial score (nSPS) is 17.9. The maximum atomic E-state index is 14.8. The number of aliphatic hydroxyl groups excluding tert-OH is 1. The van der Waals surface area contributed by atoms with E-state index in [1.165, 1.54) is 24.4 Å². The summed E-state index contributed by atoms with van der Waals surface area (Å²) >= 11 is 1.15.